The number of aldehydes is 1. The molecule has 0 aromatic rings. The van der Waals surface area contributed by atoms with Crippen LogP contribution in [-0.2, 0) is 4.79 Å². The zero-order chi connectivity index (χ0) is 10.5. The van der Waals surface area contributed by atoms with E-state index >= 15 is 0 Å². The van der Waals surface area contributed by atoms with Crippen molar-refractivity contribution in [1.29, 1.82) is 0 Å². The average Bonchev–Trinajstić information content (AvgIpc) is 2.21. The van der Waals surface area contributed by atoms with Crippen molar-refractivity contribution < 1.29 is 4.79 Å². The third-order valence-corrected chi connectivity index (χ3v) is 2.23. The minimum Gasteiger partial charge on any atom is -0.330 e. The quantitative estimate of drug-likeness (QED) is 0.392. The highest BCUT2D eigenvalue weighted by molar-refractivity contribution is 5.48. The van der Waals surface area contributed by atoms with Gasteiger partial charge >= 0.3 is 0 Å². The molecular formula is C11H24N2O. The lowest BCUT2D eigenvalue weighted by molar-refractivity contribution is -0.107. The first kappa shape index (κ1) is 13.6. The van der Waals surface area contributed by atoms with Crippen molar-refractivity contribution in [1.82, 2.24) is 5.32 Å². The maximum Gasteiger partial charge on any atom is 0.119 e. The average molecular weight is 200 g/mol. The lowest BCUT2D eigenvalue weighted by Crippen LogP contribution is -2.16. The zero-order valence-electron chi connectivity index (χ0n) is 9.13. The molecular weight excluding hydrogens is 176 g/mol. The van der Waals surface area contributed by atoms with Gasteiger partial charge in [0.15, 0.2) is 0 Å². The maximum absolute atomic E-state index is 10.0. The summed E-state index contributed by atoms with van der Waals surface area (Å²) in [6, 6.07) is 0. The highest BCUT2D eigenvalue weighted by Gasteiger charge is 1.90. The number of unbranched alkanes of at least 4 members (excludes halogenated alkanes) is 5. The van der Waals surface area contributed by atoms with Crippen LogP contribution in [0.15, 0.2) is 0 Å². The topological polar surface area (TPSA) is 55.1 Å². The summed E-state index contributed by atoms with van der Waals surface area (Å²) >= 11 is 0. The number of carbonyl (C=O) groups excluding carboxylic acids is 1. The molecule has 0 spiro atoms. The van der Waals surface area contributed by atoms with Crippen molar-refractivity contribution >= 4 is 6.29 Å². The second-order valence-electron chi connectivity index (χ2n) is 3.62. The molecule has 0 rings (SSSR count). The van der Waals surface area contributed by atoms with Crippen LogP contribution in [0.1, 0.15) is 44.9 Å². The molecule has 84 valence electrons. The molecule has 0 aliphatic rings. The number of hydrogen-bond acceptors (Lipinski definition) is 3. The molecule has 0 radical (unpaired) electrons. The van der Waals surface area contributed by atoms with E-state index in [0.717, 1.165) is 51.6 Å². The van der Waals surface area contributed by atoms with Crippen molar-refractivity contribution in [2.75, 3.05) is 19.6 Å². The summed E-state index contributed by atoms with van der Waals surface area (Å²) in [4.78, 5) is 10.0. The SMILES string of the molecule is NCCCCCNCCCCCC=O. The Morgan fingerprint density at radius 1 is 0.929 bits per heavy atom. The van der Waals surface area contributed by atoms with Crippen LogP contribution in [-0.4, -0.2) is 25.9 Å². The van der Waals surface area contributed by atoms with Crippen molar-refractivity contribution in [2.45, 2.75) is 44.9 Å². The molecule has 0 aliphatic carbocycles. The first-order valence-corrected chi connectivity index (χ1v) is 5.76. The Morgan fingerprint density at radius 2 is 1.57 bits per heavy atom. The fourth-order valence-electron chi connectivity index (χ4n) is 1.35. The van der Waals surface area contributed by atoms with E-state index in [1.165, 1.54) is 19.3 Å². The fourth-order valence-corrected chi connectivity index (χ4v) is 1.35. The van der Waals surface area contributed by atoms with Crippen LogP contribution >= 0.6 is 0 Å². The second-order valence-corrected chi connectivity index (χ2v) is 3.62. The number of nitrogens with one attached hydrogen (secondary N) is 1. The lowest BCUT2D eigenvalue weighted by atomic mass is 10.2. The highest BCUT2D eigenvalue weighted by atomic mass is 16.1. The van der Waals surface area contributed by atoms with E-state index in [-0.39, 0.29) is 0 Å². The first-order chi connectivity index (χ1) is 6.91. The molecule has 14 heavy (non-hydrogen) atoms. The van der Waals surface area contributed by atoms with Gasteiger partial charge < -0.3 is 15.8 Å². The molecule has 0 unspecified atom stereocenters. The maximum atomic E-state index is 10.0. The molecule has 0 bridgehead atoms. The summed E-state index contributed by atoms with van der Waals surface area (Å²) < 4.78 is 0. The Morgan fingerprint density at radius 3 is 2.14 bits per heavy atom. The Kier molecular flexibility index (Phi) is 12.2. The summed E-state index contributed by atoms with van der Waals surface area (Å²) in [5.74, 6) is 0. The van der Waals surface area contributed by atoms with Crippen LogP contribution in [0.2, 0.25) is 0 Å². The van der Waals surface area contributed by atoms with Gasteiger partial charge in [0.05, 0.1) is 0 Å². The number of nitrogens with two attached hydrogens (primary N) is 1. The van der Waals surface area contributed by atoms with E-state index in [4.69, 9.17) is 5.73 Å². The van der Waals surface area contributed by atoms with Crippen LogP contribution in [0.5, 0.6) is 0 Å². The first-order valence-electron chi connectivity index (χ1n) is 5.76. The molecule has 3 heteroatoms. The molecule has 3 nitrogen and oxygen atoms in total. The van der Waals surface area contributed by atoms with E-state index in [2.05, 4.69) is 5.32 Å². The van der Waals surface area contributed by atoms with Crippen molar-refractivity contribution in [2.24, 2.45) is 5.73 Å². The molecule has 0 saturated heterocycles. The third kappa shape index (κ3) is 11.6. The Bertz CT molecular complexity index is 118. The molecule has 0 amide bonds. The normalized spacial score (nSPS) is 10.4. The Hall–Kier alpha value is -0.410. The fraction of sp³-hybridized carbons (Fsp3) is 0.909. The van der Waals surface area contributed by atoms with Crippen LogP contribution in [0.25, 0.3) is 0 Å². The van der Waals surface area contributed by atoms with Gasteiger partial charge in [-0.1, -0.05) is 12.8 Å². The third-order valence-electron chi connectivity index (χ3n) is 2.23. The molecule has 0 heterocycles. The summed E-state index contributed by atoms with van der Waals surface area (Å²) in [5.41, 5.74) is 5.39. The predicted octanol–water partition coefficient (Wildman–Crippen LogP) is 1.46. The number of hydrogen-bond donors (Lipinski definition) is 2. The molecule has 0 fully saturated rings. The van der Waals surface area contributed by atoms with Crippen molar-refractivity contribution in [3.8, 4) is 0 Å². The van der Waals surface area contributed by atoms with Crippen LogP contribution in [0.4, 0.5) is 0 Å². The monoisotopic (exact) mass is 200 g/mol. The van der Waals surface area contributed by atoms with Gasteiger partial charge in [0, 0.05) is 6.42 Å². The van der Waals surface area contributed by atoms with Gasteiger partial charge in [-0.05, 0) is 45.3 Å². The predicted molar refractivity (Wildman–Crippen MR) is 60.3 cm³/mol. The lowest BCUT2D eigenvalue weighted by Gasteiger charge is -2.03. The molecule has 0 aromatic heterocycles. The van der Waals surface area contributed by atoms with Gasteiger partial charge in [-0.2, -0.15) is 0 Å². The van der Waals surface area contributed by atoms with Crippen molar-refractivity contribution in [3.05, 3.63) is 0 Å². The van der Waals surface area contributed by atoms with Gasteiger partial charge in [0.2, 0.25) is 0 Å². The van der Waals surface area contributed by atoms with Crippen LogP contribution < -0.4 is 11.1 Å². The number of carbonyl (C=O) groups is 1. The summed E-state index contributed by atoms with van der Waals surface area (Å²) in [6.45, 7) is 3.00. The van der Waals surface area contributed by atoms with Gasteiger partial charge in [0.1, 0.15) is 6.29 Å². The van der Waals surface area contributed by atoms with Gasteiger partial charge in [0.25, 0.3) is 0 Å². The Labute approximate surface area is 87.4 Å². The smallest absolute Gasteiger partial charge is 0.119 e. The molecule has 0 aromatic carbocycles. The Balaban J connectivity index is 2.81. The van der Waals surface area contributed by atoms with Crippen LogP contribution in [0.3, 0.4) is 0 Å². The molecule has 0 saturated carbocycles. The van der Waals surface area contributed by atoms with E-state index in [1.807, 2.05) is 0 Å². The summed E-state index contributed by atoms with van der Waals surface area (Å²) in [7, 11) is 0. The van der Waals surface area contributed by atoms with Gasteiger partial charge in [-0.3, -0.25) is 0 Å². The second kappa shape index (κ2) is 12.6. The van der Waals surface area contributed by atoms with E-state index in [9.17, 15) is 4.79 Å². The zero-order valence-corrected chi connectivity index (χ0v) is 9.13. The minimum atomic E-state index is 0.719. The summed E-state index contributed by atoms with van der Waals surface area (Å²) in [5, 5.41) is 3.39. The van der Waals surface area contributed by atoms with Gasteiger partial charge in [-0.25, -0.2) is 0 Å². The van der Waals surface area contributed by atoms with E-state index < -0.39 is 0 Å². The highest BCUT2D eigenvalue weighted by Crippen LogP contribution is 1.96. The van der Waals surface area contributed by atoms with E-state index in [0.29, 0.717) is 0 Å². The van der Waals surface area contributed by atoms with E-state index in [1.54, 1.807) is 0 Å². The summed E-state index contributed by atoms with van der Waals surface area (Å²) in [6.07, 6.45) is 8.70. The standard InChI is InChI=1S/C11H24N2O/c12-8-4-3-6-10-13-9-5-1-2-7-11-14/h11,13H,1-10,12H2. The largest absolute Gasteiger partial charge is 0.330 e. The molecule has 3 N–H and O–H groups in total. The minimum absolute atomic E-state index is 0.719. The van der Waals surface area contributed by atoms with Gasteiger partial charge in [-0.15, -0.1) is 0 Å². The van der Waals surface area contributed by atoms with Crippen LogP contribution in [0, 0.1) is 0 Å². The molecule has 0 atom stereocenters. The molecule has 0 aliphatic heterocycles. The number of rotatable bonds is 11. The van der Waals surface area contributed by atoms with Crippen molar-refractivity contribution in [3.63, 3.8) is 0 Å².